The molecule has 0 atom stereocenters. The van der Waals surface area contributed by atoms with Gasteiger partial charge in [-0.1, -0.05) is 0 Å². The van der Waals surface area contributed by atoms with E-state index in [1.165, 1.54) is 17.9 Å². The van der Waals surface area contributed by atoms with Crippen molar-refractivity contribution in [3.05, 3.63) is 6.20 Å². The number of amides is 2. The minimum atomic E-state index is -0.222. The van der Waals surface area contributed by atoms with Crippen LogP contribution >= 0.6 is 0 Å². The topological polar surface area (TPSA) is 88.9 Å². The van der Waals surface area contributed by atoms with Crippen LogP contribution in [0.15, 0.2) is 6.20 Å². The molecule has 0 aliphatic carbocycles. The van der Waals surface area contributed by atoms with Gasteiger partial charge in [-0.15, -0.1) is 5.10 Å². The highest BCUT2D eigenvalue weighted by Gasteiger charge is 2.05. The lowest BCUT2D eigenvalue weighted by Crippen LogP contribution is -2.28. The Balaban J connectivity index is 2.52. The SMILES string of the molecule is CCNC(=O)Cn1ncc(NC(C)=O)n1. The van der Waals surface area contributed by atoms with Gasteiger partial charge in [-0.05, 0) is 6.92 Å². The van der Waals surface area contributed by atoms with Gasteiger partial charge >= 0.3 is 0 Å². The van der Waals surface area contributed by atoms with E-state index in [-0.39, 0.29) is 18.4 Å². The van der Waals surface area contributed by atoms with Crippen LogP contribution in [0.25, 0.3) is 0 Å². The van der Waals surface area contributed by atoms with Crippen LogP contribution in [0, 0.1) is 0 Å². The number of anilines is 1. The third kappa shape index (κ3) is 3.75. The molecule has 0 aliphatic heterocycles. The summed E-state index contributed by atoms with van der Waals surface area (Å²) in [6.45, 7) is 3.83. The van der Waals surface area contributed by atoms with Gasteiger partial charge in [0.1, 0.15) is 6.54 Å². The van der Waals surface area contributed by atoms with Gasteiger partial charge in [0.05, 0.1) is 6.20 Å². The quantitative estimate of drug-likeness (QED) is 0.694. The summed E-state index contributed by atoms with van der Waals surface area (Å²) >= 11 is 0. The molecule has 0 fully saturated rings. The molecular weight excluding hydrogens is 198 g/mol. The summed E-state index contributed by atoms with van der Waals surface area (Å²) in [5.41, 5.74) is 0. The predicted octanol–water partition coefficient (Wildman–Crippen LogP) is -0.627. The maximum atomic E-state index is 11.1. The number of hydrogen-bond donors (Lipinski definition) is 2. The first kappa shape index (κ1) is 11.2. The molecule has 2 N–H and O–H groups in total. The van der Waals surface area contributed by atoms with Gasteiger partial charge in [-0.2, -0.15) is 9.90 Å². The number of hydrogen-bond acceptors (Lipinski definition) is 4. The summed E-state index contributed by atoms with van der Waals surface area (Å²) in [6.07, 6.45) is 1.39. The van der Waals surface area contributed by atoms with Gasteiger partial charge in [0, 0.05) is 13.5 Å². The minimum Gasteiger partial charge on any atom is -0.355 e. The Morgan fingerprint density at radius 3 is 2.87 bits per heavy atom. The van der Waals surface area contributed by atoms with E-state index in [1.807, 2.05) is 6.92 Å². The normalized spacial score (nSPS) is 9.73. The number of carbonyl (C=O) groups excluding carboxylic acids is 2. The third-order valence-corrected chi connectivity index (χ3v) is 1.50. The number of likely N-dealkylation sites (N-methyl/N-ethyl adjacent to an activating group) is 1. The maximum absolute atomic E-state index is 11.1. The van der Waals surface area contributed by atoms with E-state index in [9.17, 15) is 9.59 Å². The van der Waals surface area contributed by atoms with Crippen molar-refractivity contribution in [1.82, 2.24) is 20.3 Å². The number of rotatable bonds is 4. The molecule has 0 aliphatic rings. The fourth-order valence-electron chi connectivity index (χ4n) is 0.993. The van der Waals surface area contributed by atoms with Crippen molar-refractivity contribution in [1.29, 1.82) is 0 Å². The summed E-state index contributed by atoms with van der Waals surface area (Å²) in [4.78, 5) is 23.0. The Morgan fingerprint density at radius 2 is 2.27 bits per heavy atom. The lowest BCUT2D eigenvalue weighted by atomic mass is 10.6. The fraction of sp³-hybridized carbons (Fsp3) is 0.500. The number of carbonyl (C=O) groups is 2. The summed E-state index contributed by atoms with van der Waals surface area (Å²) in [5, 5.41) is 12.8. The van der Waals surface area contributed by atoms with Crippen LogP contribution in [0.2, 0.25) is 0 Å². The molecule has 1 aromatic rings. The molecule has 82 valence electrons. The van der Waals surface area contributed by atoms with Gasteiger partial charge in [0.2, 0.25) is 11.8 Å². The highest BCUT2D eigenvalue weighted by Crippen LogP contribution is 1.97. The number of aromatic nitrogens is 3. The van der Waals surface area contributed by atoms with Crippen LogP contribution in [-0.2, 0) is 16.1 Å². The zero-order valence-corrected chi connectivity index (χ0v) is 8.65. The molecule has 0 saturated heterocycles. The smallest absolute Gasteiger partial charge is 0.243 e. The summed E-state index contributed by atoms with van der Waals surface area (Å²) in [6, 6.07) is 0. The monoisotopic (exact) mass is 211 g/mol. The van der Waals surface area contributed by atoms with Crippen molar-refractivity contribution >= 4 is 17.6 Å². The first-order valence-corrected chi connectivity index (χ1v) is 4.56. The Labute approximate surface area is 86.8 Å². The lowest BCUT2D eigenvalue weighted by Gasteiger charge is -2.00. The Morgan fingerprint density at radius 1 is 1.53 bits per heavy atom. The van der Waals surface area contributed by atoms with Gasteiger partial charge in [0.15, 0.2) is 5.82 Å². The first-order valence-electron chi connectivity index (χ1n) is 4.56. The third-order valence-electron chi connectivity index (χ3n) is 1.50. The molecule has 1 aromatic heterocycles. The van der Waals surface area contributed by atoms with E-state index in [0.29, 0.717) is 12.4 Å². The van der Waals surface area contributed by atoms with Gasteiger partial charge in [0.25, 0.3) is 0 Å². The second kappa shape index (κ2) is 5.08. The molecule has 2 amide bonds. The zero-order chi connectivity index (χ0) is 11.3. The lowest BCUT2D eigenvalue weighted by molar-refractivity contribution is -0.122. The molecule has 0 unspecified atom stereocenters. The second-order valence-corrected chi connectivity index (χ2v) is 2.89. The predicted molar refractivity (Wildman–Crippen MR) is 53.0 cm³/mol. The van der Waals surface area contributed by atoms with Crippen LogP contribution in [0.1, 0.15) is 13.8 Å². The Kier molecular flexibility index (Phi) is 3.78. The second-order valence-electron chi connectivity index (χ2n) is 2.89. The van der Waals surface area contributed by atoms with Gasteiger partial charge in [-0.3, -0.25) is 9.59 Å². The van der Waals surface area contributed by atoms with Crippen molar-refractivity contribution in [3.8, 4) is 0 Å². The van der Waals surface area contributed by atoms with Crippen molar-refractivity contribution in [3.63, 3.8) is 0 Å². The van der Waals surface area contributed by atoms with E-state index in [2.05, 4.69) is 20.8 Å². The molecule has 0 spiro atoms. The van der Waals surface area contributed by atoms with E-state index in [0.717, 1.165) is 0 Å². The van der Waals surface area contributed by atoms with E-state index in [4.69, 9.17) is 0 Å². The van der Waals surface area contributed by atoms with Crippen LogP contribution in [0.5, 0.6) is 0 Å². The first-order chi connectivity index (χ1) is 7.11. The maximum Gasteiger partial charge on any atom is 0.243 e. The molecule has 7 heteroatoms. The number of nitrogens with zero attached hydrogens (tertiary/aromatic N) is 3. The van der Waals surface area contributed by atoms with Crippen molar-refractivity contribution in [2.45, 2.75) is 20.4 Å². The molecule has 1 heterocycles. The van der Waals surface area contributed by atoms with E-state index >= 15 is 0 Å². The average Bonchev–Trinajstić information content (AvgIpc) is 2.51. The Hall–Kier alpha value is -1.92. The molecule has 0 saturated carbocycles. The highest BCUT2D eigenvalue weighted by atomic mass is 16.2. The van der Waals surface area contributed by atoms with Crippen molar-refractivity contribution < 1.29 is 9.59 Å². The largest absolute Gasteiger partial charge is 0.355 e. The van der Waals surface area contributed by atoms with Crippen LogP contribution in [0.3, 0.4) is 0 Å². The van der Waals surface area contributed by atoms with Gasteiger partial charge in [-0.25, -0.2) is 0 Å². The standard InChI is InChI=1S/C8H13N5O2/c1-3-9-8(15)5-13-10-4-7(12-13)11-6(2)14/h4H,3,5H2,1-2H3,(H,9,15)(H,11,12,14). The molecule has 0 aromatic carbocycles. The summed E-state index contributed by atoms with van der Waals surface area (Å²) in [5.74, 6) is -0.0469. The van der Waals surface area contributed by atoms with Crippen LogP contribution in [0.4, 0.5) is 5.82 Å². The van der Waals surface area contributed by atoms with Crippen molar-refractivity contribution in [2.75, 3.05) is 11.9 Å². The summed E-state index contributed by atoms with van der Waals surface area (Å²) in [7, 11) is 0. The molecule has 0 radical (unpaired) electrons. The van der Waals surface area contributed by atoms with Gasteiger partial charge < -0.3 is 10.6 Å². The molecule has 7 nitrogen and oxygen atoms in total. The minimum absolute atomic E-state index is 0.0490. The molecular formula is C8H13N5O2. The summed E-state index contributed by atoms with van der Waals surface area (Å²) < 4.78 is 0. The zero-order valence-electron chi connectivity index (χ0n) is 8.65. The van der Waals surface area contributed by atoms with Crippen molar-refractivity contribution in [2.24, 2.45) is 0 Å². The highest BCUT2D eigenvalue weighted by molar-refractivity contribution is 5.87. The van der Waals surface area contributed by atoms with Crippen LogP contribution in [-0.4, -0.2) is 33.4 Å². The van der Waals surface area contributed by atoms with E-state index < -0.39 is 0 Å². The molecule has 15 heavy (non-hydrogen) atoms. The number of nitrogens with one attached hydrogen (secondary N) is 2. The molecule has 0 bridgehead atoms. The van der Waals surface area contributed by atoms with Crippen LogP contribution < -0.4 is 10.6 Å². The molecule has 1 rings (SSSR count). The van der Waals surface area contributed by atoms with E-state index in [1.54, 1.807) is 0 Å². The Bertz CT molecular complexity index is 360. The average molecular weight is 211 g/mol. The fourth-order valence-corrected chi connectivity index (χ4v) is 0.993.